The number of carbonyl (C=O) groups excluding carboxylic acids is 2. The van der Waals surface area contributed by atoms with Crippen molar-refractivity contribution in [1.29, 1.82) is 0 Å². The fraction of sp³-hybridized carbons (Fsp3) is 0.333. The third-order valence-electron chi connectivity index (χ3n) is 2.11. The molecule has 0 bridgehead atoms. The zero-order chi connectivity index (χ0) is 14.8. The normalized spacial score (nSPS) is 10.9. The number of carbonyl (C=O) groups is 2. The van der Waals surface area contributed by atoms with E-state index in [-0.39, 0.29) is 9.21 Å². The Morgan fingerprint density at radius 3 is 2.37 bits per heavy atom. The van der Waals surface area contributed by atoms with Crippen molar-refractivity contribution in [1.82, 2.24) is 4.31 Å². The van der Waals surface area contributed by atoms with Crippen molar-refractivity contribution in [3.63, 3.8) is 0 Å². The number of hydrogen-bond donors (Lipinski definition) is 0. The smallest absolute Gasteiger partial charge is 0.423 e. The van der Waals surface area contributed by atoms with E-state index in [1.54, 1.807) is 0 Å². The van der Waals surface area contributed by atoms with E-state index in [0.717, 1.165) is 38.7 Å². The van der Waals surface area contributed by atoms with Crippen LogP contribution in [0.25, 0.3) is 0 Å². The second-order valence-corrected chi connectivity index (χ2v) is 6.80. The van der Waals surface area contributed by atoms with Crippen molar-refractivity contribution in [2.45, 2.75) is 4.90 Å². The highest BCUT2D eigenvalue weighted by Crippen LogP contribution is 2.32. The molecule has 0 N–H and O–H groups in total. The van der Waals surface area contributed by atoms with Gasteiger partial charge in [-0.05, 0) is 6.07 Å². The van der Waals surface area contributed by atoms with Crippen LogP contribution in [-0.4, -0.2) is 46.1 Å². The number of ether oxygens (including phenoxy) is 2. The highest BCUT2D eigenvalue weighted by atomic mass is 35.5. The molecule has 0 atom stereocenters. The Morgan fingerprint density at radius 1 is 1.32 bits per heavy atom. The van der Waals surface area contributed by atoms with E-state index in [0.29, 0.717) is 4.31 Å². The van der Waals surface area contributed by atoms with E-state index in [9.17, 15) is 18.0 Å². The maximum Gasteiger partial charge on any atom is 0.423 e. The summed E-state index contributed by atoms with van der Waals surface area (Å²) in [5, 5.41) is 0. The summed E-state index contributed by atoms with van der Waals surface area (Å²) in [7, 11) is -1.08. The molecule has 1 aromatic rings. The lowest BCUT2D eigenvalue weighted by Crippen LogP contribution is -2.33. The quantitative estimate of drug-likeness (QED) is 0.783. The highest BCUT2D eigenvalue weighted by molar-refractivity contribution is 7.89. The molecule has 0 spiro atoms. The molecule has 0 saturated carbocycles. The second kappa shape index (κ2) is 5.76. The minimum atomic E-state index is -4.23. The number of nitrogens with zero attached hydrogens (tertiary/aromatic N) is 1. The van der Waals surface area contributed by atoms with Crippen LogP contribution in [0.3, 0.4) is 0 Å². The molecule has 10 heteroatoms. The molecule has 0 unspecified atom stereocenters. The van der Waals surface area contributed by atoms with Gasteiger partial charge in [0, 0.05) is 7.05 Å². The van der Waals surface area contributed by atoms with E-state index in [2.05, 4.69) is 9.47 Å². The Balaban J connectivity index is 3.37. The number of methoxy groups -OCH3 is 2. The number of halogens is 1. The lowest BCUT2D eigenvalue weighted by atomic mass is 10.5. The van der Waals surface area contributed by atoms with Gasteiger partial charge in [-0.2, -0.15) is 0 Å². The first-order valence-corrected chi connectivity index (χ1v) is 7.33. The van der Waals surface area contributed by atoms with Gasteiger partial charge in [0.25, 0.3) is 10.0 Å². The molecule has 0 aliphatic rings. The molecule has 1 aromatic heterocycles. The molecule has 0 radical (unpaired) electrons. The summed E-state index contributed by atoms with van der Waals surface area (Å²) < 4.78 is 33.5. The average Bonchev–Trinajstić information content (AvgIpc) is 2.78. The molecule has 106 valence electrons. The molecule has 0 aromatic carbocycles. The fourth-order valence-corrected chi connectivity index (χ4v) is 3.92. The van der Waals surface area contributed by atoms with Crippen LogP contribution in [0.15, 0.2) is 11.0 Å². The number of esters is 1. The van der Waals surface area contributed by atoms with Gasteiger partial charge < -0.3 is 9.47 Å². The average molecular weight is 328 g/mol. The number of amides is 1. The summed E-state index contributed by atoms with van der Waals surface area (Å²) in [5.74, 6) is -0.853. The molecule has 7 nitrogen and oxygen atoms in total. The van der Waals surface area contributed by atoms with Crippen LogP contribution in [0.1, 0.15) is 9.67 Å². The first-order valence-electron chi connectivity index (χ1n) is 4.70. The molecular weight excluding hydrogens is 318 g/mol. The predicted molar refractivity (Wildman–Crippen MR) is 68.0 cm³/mol. The molecule has 19 heavy (non-hydrogen) atoms. The van der Waals surface area contributed by atoms with Gasteiger partial charge in [0.05, 0.1) is 18.6 Å². The summed E-state index contributed by atoms with van der Waals surface area (Å²) in [6.07, 6.45) is -1.09. The van der Waals surface area contributed by atoms with E-state index in [1.165, 1.54) is 0 Å². The fourth-order valence-electron chi connectivity index (χ4n) is 1.15. The van der Waals surface area contributed by atoms with Crippen molar-refractivity contribution >= 4 is 45.0 Å². The minimum absolute atomic E-state index is 0.0808. The molecule has 1 heterocycles. The van der Waals surface area contributed by atoms with Gasteiger partial charge in [-0.1, -0.05) is 11.6 Å². The van der Waals surface area contributed by atoms with Gasteiger partial charge in [0.15, 0.2) is 0 Å². The standard InChI is InChI=1S/C9H10ClNO6S2/c1-11(9(13)17-3)19(14,15)5-4-6(10)18-7(5)8(12)16-2/h4H,1-3H3. The monoisotopic (exact) mass is 327 g/mol. The summed E-state index contributed by atoms with van der Waals surface area (Å²) in [6, 6.07) is 1.08. The Hall–Kier alpha value is -1.32. The molecule has 1 rings (SSSR count). The molecule has 0 fully saturated rings. The van der Waals surface area contributed by atoms with E-state index in [1.807, 2.05) is 0 Å². The summed E-state index contributed by atoms with van der Waals surface area (Å²) in [5.41, 5.74) is 0. The van der Waals surface area contributed by atoms with Crippen molar-refractivity contribution < 1.29 is 27.5 Å². The third kappa shape index (κ3) is 2.99. The van der Waals surface area contributed by atoms with Crippen molar-refractivity contribution in [2.75, 3.05) is 21.3 Å². The molecule has 0 saturated heterocycles. The highest BCUT2D eigenvalue weighted by Gasteiger charge is 2.33. The van der Waals surface area contributed by atoms with Gasteiger partial charge in [-0.15, -0.1) is 11.3 Å². The van der Waals surface area contributed by atoms with Crippen LogP contribution in [0, 0.1) is 0 Å². The summed E-state index contributed by atoms with van der Waals surface area (Å²) in [6.45, 7) is 0. The van der Waals surface area contributed by atoms with Crippen LogP contribution in [0.4, 0.5) is 4.79 Å². The van der Waals surface area contributed by atoms with E-state index >= 15 is 0 Å². The molecule has 0 aliphatic heterocycles. The lowest BCUT2D eigenvalue weighted by molar-refractivity contribution is 0.0602. The SMILES string of the molecule is COC(=O)c1sc(Cl)cc1S(=O)(=O)N(C)C(=O)OC. The van der Waals surface area contributed by atoms with Gasteiger partial charge in [0.2, 0.25) is 0 Å². The molecular formula is C9H10ClNO6S2. The second-order valence-electron chi connectivity index (χ2n) is 3.18. The Morgan fingerprint density at radius 2 is 1.89 bits per heavy atom. The predicted octanol–water partition coefficient (Wildman–Crippen LogP) is 1.57. The Bertz CT molecular complexity index is 608. The van der Waals surface area contributed by atoms with Crippen molar-refractivity contribution in [3.05, 3.63) is 15.3 Å². The lowest BCUT2D eigenvalue weighted by Gasteiger charge is -2.15. The maximum atomic E-state index is 12.2. The zero-order valence-corrected chi connectivity index (χ0v) is 12.6. The van der Waals surface area contributed by atoms with Gasteiger partial charge >= 0.3 is 12.1 Å². The van der Waals surface area contributed by atoms with Crippen LogP contribution in [0.5, 0.6) is 0 Å². The van der Waals surface area contributed by atoms with Crippen molar-refractivity contribution in [3.8, 4) is 0 Å². The number of sulfonamides is 1. The molecule has 1 amide bonds. The van der Waals surface area contributed by atoms with Gasteiger partial charge in [-0.25, -0.2) is 22.3 Å². The summed E-state index contributed by atoms with van der Waals surface area (Å²) in [4.78, 5) is 22.1. The number of hydrogen-bond acceptors (Lipinski definition) is 7. The van der Waals surface area contributed by atoms with Crippen molar-refractivity contribution in [2.24, 2.45) is 0 Å². The third-order valence-corrected chi connectivity index (χ3v) is 5.23. The molecule has 0 aliphatic carbocycles. The zero-order valence-electron chi connectivity index (χ0n) is 10.2. The number of thiophene rings is 1. The Labute approximate surface area is 118 Å². The first kappa shape index (κ1) is 15.7. The van der Waals surface area contributed by atoms with E-state index < -0.39 is 27.0 Å². The van der Waals surface area contributed by atoms with Gasteiger partial charge in [0.1, 0.15) is 9.77 Å². The van der Waals surface area contributed by atoms with Crippen LogP contribution < -0.4 is 0 Å². The van der Waals surface area contributed by atoms with Crippen LogP contribution in [0.2, 0.25) is 4.34 Å². The first-order chi connectivity index (χ1) is 8.75. The maximum absolute atomic E-state index is 12.2. The van der Waals surface area contributed by atoms with E-state index in [4.69, 9.17) is 11.6 Å². The minimum Gasteiger partial charge on any atom is -0.465 e. The summed E-state index contributed by atoms with van der Waals surface area (Å²) >= 11 is 6.45. The largest absolute Gasteiger partial charge is 0.465 e. The van der Waals surface area contributed by atoms with Crippen LogP contribution in [-0.2, 0) is 19.5 Å². The van der Waals surface area contributed by atoms with Gasteiger partial charge in [-0.3, -0.25) is 0 Å². The van der Waals surface area contributed by atoms with Crippen LogP contribution >= 0.6 is 22.9 Å². The number of rotatable bonds is 3. The topological polar surface area (TPSA) is 90.0 Å². The Kier molecular flexibility index (Phi) is 4.77.